The van der Waals surface area contributed by atoms with E-state index >= 15 is 0 Å². The SMILES string of the molecule is Cc1ccc(N2N=CCN2)c(C(=O)O)c1. The van der Waals surface area contributed by atoms with Gasteiger partial charge in [-0.05, 0) is 19.1 Å². The van der Waals surface area contributed by atoms with Crippen LogP contribution in [0.1, 0.15) is 15.9 Å². The number of nitrogens with one attached hydrogen (secondary N) is 1. The maximum atomic E-state index is 11.0. The number of benzene rings is 1. The van der Waals surface area contributed by atoms with Crippen LogP contribution in [0.25, 0.3) is 0 Å². The zero-order chi connectivity index (χ0) is 10.8. The van der Waals surface area contributed by atoms with Crippen LogP contribution in [0.3, 0.4) is 0 Å². The van der Waals surface area contributed by atoms with Crippen molar-refractivity contribution in [1.82, 2.24) is 5.43 Å². The van der Waals surface area contributed by atoms with E-state index in [2.05, 4.69) is 10.5 Å². The Labute approximate surface area is 87.0 Å². The number of nitrogens with zero attached hydrogens (tertiary/aromatic N) is 2. The molecule has 0 fully saturated rings. The molecule has 0 radical (unpaired) electrons. The largest absolute Gasteiger partial charge is 0.478 e. The van der Waals surface area contributed by atoms with Gasteiger partial charge in [-0.15, -0.1) is 0 Å². The summed E-state index contributed by atoms with van der Waals surface area (Å²) in [5.74, 6) is -0.947. The van der Waals surface area contributed by atoms with E-state index in [0.717, 1.165) is 5.56 Å². The average molecular weight is 205 g/mol. The molecule has 0 atom stereocenters. The molecule has 2 N–H and O–H groups in total. The van der Waals surface area contributed by atoms with E-state index in [-0.39, 0.29) is 5.56 Å². The van der Waals surface area contributed by atoms with E-state index in [9.17, 15) is 4.79 Å². The third-order valence-corrected chi connectivity index (χ3v) is 2.14. The van der Waals surface area contributed by atoms with E-state index in [0.29, 0.717) is 12.2 Å². The molecular formula is C10H11N3O2. The van der Waals surface area contributed by atoms with Crippen molar-refractivity contribution in [3.63, 3.8) is 0 Å². The molecule has 0 aliphatic carbocycles. The van der Waals surface area contributed by atoms with Crippen molar-refractivity contribution in [2.45, 2.75) is 6.92 Å². The molecule has 78 valence electrons. The number of aromatic carboxylic acids is 1. The Balaban J connectivity index is 2.45. The first-order chi connectivity index (χ1) is 7.18. The third-order valence-electron chi connectivity index (χ3n) is 2.14. The maximum absolute atomic E-state index is 11.0. The number of aryl methyl sites for hydroxylation is 1. The number of hydrogen-bond donors (Lipinski definition) is 2. The molecule has 0 saturated carbocycles. The lowest BCUT2D eigenvalue weighted by Crippen LogP contribution is -2.29. The predicted molar refractivity (Wildman–Crippen MR) is 57.1 cm³/mol. The summed E-state index contributed by atoms with van der Waals surface area (Å²) in [6.07, 6.45) is 1.69. The fourth-order valence-electron chi connectivity index (χ4n) is 1.44. The van der Waals surface area contributed by atoms with Gasteiger partial charge in [0.1, 0.15) is 0 Å². The third kappa shape index (κ3) is 1.82. The smallest absolute Gasteiger partial charge is 0.337 e. The van der Waals surface area contributed by atoms with E-state index < -0.39 is 5.97 Å². The second kappa shape index (κ2) is 3.70. The molecule has 0 unspecified atom stereocenters. The molecule has 1 heterocycles. The van der Waals surface area contributed by atoms with E-state index in [4.69, 9.17) is 5.11 Å². The van der Waals surface area contributed by atoms with Gasteiger partial charge in [-0.3, -0.25) is 0 Å². The van der Waals surface area contributed by atoms with Crippen LogP contribution in [0.5, 0.6) is 0 Å². The van der Waals surface area contributed by atoms with E-state index in [1.165, 1.54) is 5.12 Å². The second-order valence-electron chi connectivity index (χ2n) is 3.30. The fourth-order valence-corrected chi connectivity index (χ4v) is 1.44. The van der Waals surface area contributed by atoms with E-state index in [1.807, 2.05) is 13.0 Å². The van der Waals surface area contributed by atoms with Gasteiger partial charge in [0, 0.05) is 6.21 Å². The Bertz CT molecular complexity index is 429. The average Bonchev–Trinajstić information content (AvgIpc) is 2.70. The van der Waals surface area contributed by atoms with Crippen LogP contribution < -0.4 is 10.5 Å². The van der Waals surface area contributed by atoms with Crippen LogP contribution in [0, 0.1) is 6.92 Å². The summed E-state index contributed by atoms with van der Waals surface area (Å²) in [5, 5.41) is 14.5. The van der Waals surface area contributed by atoms with Gasteiger partial charge >= 0.3 is 5.97 Å². The number of rotatable bonds is 2. The van der Waals surface area contributed by atoms with Gasteiger partial charge in [-0.1, -0.05) is 11.6 Å². The predicted octanol–water partition coefficient (Wildman–Crippen LogP) is 1.00. The van der Waals surface area contributed by atoms with Crippen molar-refractivity contribution in [1.29, 1.82) is 0 Å². The molecule has 0 amide bonds. The molecule has 5 heteroatoms. The number of hydrazine groups is 1. The zero-order valence-electron chi connectivity index (χ0n) is 8.27. The van der Waals surface area contributed by atoms with Crippen LogP contribution >= 0.6 is 0 Å². The van der Waals surface area contributed by atoms with E-state index in [1.54, 1.807) is 18.3 Å². The first-order valence-electron chi connectivity index (χ1n) is 4.58. The summed E-state index contributed by atoms with van der Waals surface area (Å²) < 4.78 is 0. The number of carboxylic acid groups (broad SMARTS) is 1. The van der Waals surface area contributed by atoms with Gasteiger partial charge in [-0.25, -0.2) is 10.2 Å². The van der Waals surface area contributed by atoms with Crippen molar-refractivity contribution in [3.8, 4) is 0 Å². The standard InChI is InChI=1S/C10H11N3O2/c1-7-2-3-9(8(6-7)10(14)15)13-11-4-5-12-13/h2-4,6,12H,5H2,1H3,(H,14,15). The highest BCUT2D eigenvalue weighted by molar-refractivity contribution is 5.94. The number of carbonyl (C=O) groups is 1. The highest BCUT2D eigenvalue weighted by atomic mass is 16.4. The molecule has 5 nitrogen and oxygen atoms in total. The van der Waals surface area contributed by atoms with Crippen LogP contribution in [-0.2, 0) is 0 Å². The summed E-state index contributed by atoms with van der Waals surface area (Å²) in [6.45, 7) is 2.48. The molecule has 0 spiro atoms. The number of hydrazone groups is 1. The molecule has 1 aliphatic heterocycles. The molecular weight excluding hydrogens is 194 g/mol. The maximum Gasteiger partial charge on any atom is 0.337 e. The van der Waals surface area contributed by atoms with Crippen molar-refractivity contribution in [3.05, 3.63) is 29.3 Å². The Morgan fingerprint density at radius 2 is 2.40 bits per heavy atom. The van der Waals surface area contributed by atoms with Gasteiger partial charge in [0.05, 0.1) is 17.8 Å². The summed E-state index contributed by atoms with van der Waals surface area (Å²) in [4.78, 5) is 11.0. The molecule has 0 aromatic heterocycles. The zero-order valence-corrected chi connectivity index (χ0v) is 8.27. The monoisotopic (exact) mass is 205 g/mol. The van der Waals surface area contributed by atoms with Crippen LogP contribution in [0.4, 0.5) is 5.69 Å². The van der Waals surface area contributed by atoms with Gasteiger partial charge in [0.15, 0.2) is 0 Å². The molecule has 0 saturated heterocycles. The lowest BCUT2D eigenvalue weighted by Gasteiger charge is -2.16. The molecule has 0 bridgehead atoms. The minimum absolute atomic E-state index is 0.251. The summed E-state index contributed by atoms with van der Waals surface area (Å²) >= 11 is 0. The molecule has 1 aromatic rings. The molecule has 1 aromatic carbocycles. The highest BCUT2D eigenvalue weighted by Crippen LogP contribution is 2.21. The Hall–Kier alpha value is -1.88. The number of hydrogen-bond acceptors (Lipinski definition) is 4. The van der Waals surface area contributed by atoms with Gasteiger partial charge in [0.2, 0.25) is 0 Å². The van der Waals surface area contributed by atoms with Gasteiger partial charge in [-0.2, -0.15) is 10.2 Å². The van der Waals surface area contributed by atoms with Crippen LogP contribution in [0.2, 0.25) is 0 Å². The van der Waals surface area contributed by atoms with Crippen molar-refractivity contribution >= 4 is 17.9 Å². The summed E-state index contributed by atoms with van der Waals surface area (Å²) in [5.41, 5.74) is 4.66. The Kier molecular flexibility index (Phi) is 2.39. The van der Waals surface area contributed by atoms with Gasteiger partial charge in [0.25, 0.3) is 0 Å². The lowest BCUT2D eigenvalue weighted by molar-refractivity contribution is 0.0697. The highest BCUT2D eigenvalue weighted by Gasteiger charge is 2.17. The normalized spacial score (nSPS) is 14.6. The fraction of sp³-hybridized carbons (Fsp3) is 0.200. The topological polar surface area (TPSA) is 64.9 Å². The summed E-state index contributed by atoms with van der Waals surface area (Å²) in [7, 11) is 0. The van der Waals surface area contributed by atoms with Crippen molar-refractivity contribution < 1.29 is 9.90 Å². The van der Waals surface area contributed by atoms with Gasteiger partial charge < -0.3 is 5.11 Å². The quantitative estimate of drug-likeness (QED) is 0.756. The first kappa shape index (κ1) is 9.67. The van der Waals surface area contributed by atoms with Crippen molar-refractivity contribution in [2.24, 2.45) is 5.10 Å². The molecule has 2 rings (SSSR count). The minimum atomic E-state index is -0.947. The number of anilines is 1. The Morgan fingerprint density at radius 1 is 1.60 bits per heavy atom. The summed E-state index contributed by atoms with van der Waals surface area (Å²) in [6, 6.07) is 5.24. The first-order valence-corrected chi connectivity index (χ1v) is 4.58. The minimum Gasteiger partial charge on any atom is -0.478 e. The van der Waals surface area contributed by atoms with Crippen LogP contribution in [0.15, 0.2) is 23.3 Å². The van der Waals surface area contributed by atoms with Crippen LogP contribution in [-0.4, -0.2) is 23.8 Å². The molecule has 1 aliphatic rings. The molecule has 15 heavy (non-hydrogen) atoms. The van der Waals surface area contributed by atoms with Crippen molar-refractivity contribution in [2.75, 3.05) is 11.7 Å². The second-order valence-corrected chi connectivity index (χ2v) is 3.30. The lowest BCUT2D eigenvalue weighted by atomic mass is 10.1. The number of carboxylic acids is 1. The Morgan fingerprint density at radius 3 is 3.00 bits per heavy atom.